The van der Waals surface area contributed by atoms with Crippen LogP contribution in [0, 0.1) is 6.92 Å². The summed E-state index contributed by atoms with van der Waals surface area (Å²) in [5.74, 6) is 0. The van der Waals surface area contributed by atoms with Crippen LogP contribution < -0.4 is 5.32 Å². The van der Waals surface area contributed by atoms with Crippen LogP contribution in [0.4, 0.5) is 13.2 Å². The molecule has 1 aromatic rings. The van der Waals surface area contributed by atoms with E-state index < -0.39 is 12.7 Å². The average molecular weight is 302 g/mol. The van der Waals surface area contributed by atoms with Gasteiger partial charge in [-0.3, -0.25) is 4.90 Å². The highest BCUT2D eigenvalue weighted by atomic mass is 19.4. The first-order valence-corrected chi connectivity index (χ1v) is 7.39. The summed E-state index contributed by atoms with van der Waals surface area (Å²) in [6, 6.07) is 7.61. The van der Waals surface area contributed by atoms with Gasteiger partial charge in [0.25, 0.3) is 0 Å². The molecule has 1 rings (SSSR count). The zero-order valence-electron chi connectivity index (χ0n) is 13.2. The molecule has 5 heteroatoms. The summed E-state index contributed by atoms with van der Waals surface area (Å²) in [5, 5.41) is 3.31. The second-order valence-electron chi connectivity index (χ2n) is 5.36. The summed E-state index contributed by atoms with van der Waals surface area (Å²) in [7, 11) is 0. The highest BCUT2D eigenvalue weighted by Gasteiger charge is 2.34. The van der Waals surface area contributed by atoms with E-state index in [0.29, 0.717) is 13.1 Å². The van der Waals surface area contributed by atoms with E-state index in [2.05, 4.69) is 5.32 Å². The van der Waals surface area contributed by atoms with Gasteiger partial charge in [0.15, 0.2) is 0 Å². The Labute approximate surface area is 125 Å². The third-order valence-electron chi connectivity index (χ3n) is 3.71. The molecular formula is C16H25F3N2. The van der Waals surface area contributed by atoms with Crippen LogP contribution in [0.5, 0.6) is 0 Å². The van der Waals surface area contributed by atoms with Gasteiger partial charge >= 0.3 is 6.18 Å². The molecule has 21 heavy (non-hydrogen) atoms. The maximum Gasteiger partial charge on any atom is 0.401 e. The molecule has 0 aliphatic carbocycles. The maximum atomic E-state index is 12.7. The van der Waals surface area contributed by atoms with Crippen molar-refractivity contribution in [2.24, 2.45) is 0 Å². The molecule has 0 spiro atoms. The van der Waals surface area contributed by atoms with Crippen molar-refractivity contribution in [3.05, 3.63) is 35.4 Å². The Hall–Kier alpha value is -1.07. The van der Waals surface area contributed by atoms with E-state index in [1.807, 2.05) is 45.0 Å². The fourth-order valence-electron chi connectivity index (χ4n) is 2.55. The Kier molecular flexibility index (Phi) is 6.68. The normalized spacial score (nSPS) is 15.2. The smallest absolute Gasteiger partial charge is 0.309 e. The molecule has 2 atom stereocenters. The Bertz CT molecular complexity index is 415. The van der Waals surface area contributed by atoms with Crippen molar-refractivity contribution >= 4 is 0 Å². The number of alkyl halides is 3. The number of hydrogen-bond acceptors (Lipinski definition) is 2. The lowest BCUT2D eigenvalue weighted by Crippen LogP contribution is -2.46. The molecule has 0 amide bonds. The molecule has 2 unspecified atom stereocenters. The summed E-state index contributed by atoms with van der Waals surface area (Å²) < 4.78 is 38.1. The predicted octanol–water partition coefficient (Wildman–Crippen LogP) is 3.92. The molecule has 0 saturated heterocycles. The van der Waals surface area contributed by atoms with Crippen molar-refractivity contribution in [2.75, 3.05) is 19.6 Å². The zero-order chi connectivity index (χ0) is 16.0. The molecule has 2 nitrogen and oxygen atoms in total. The van der Waals surface area contributed by atoms with Gasteiger partial charge in [0.05, 0.1) is 6.54 Å². The van der Waals surface area contributed by atoms with Gasteiger partial charge in [0.1, 0.15) is 0 Å². The minimum Gasteiger partial charge on any atom is -0.309 e. The van der Waals surface area contributed by atoms with E-state index >= 15 is 0 Å². The number of rotatable bonds is 7. The van der Waals surface area contributed by atoms with E-state index in [0.717, 1.165) is 11.1 Å². The lowest BCUT2D eigenvalue weighted by molar-refractivity contribution is -0.151. The molecule has 0 fully saturated rings. The second kappa shape index (κ2) is 7.80. The third kappa shape index (κ3) is 5.67. The number of halogens is 3. The summed E-state index contributed by atoms with van der Waals surface area (Å²) in [4.78, 5) is 1.47. The van der Waals surface area contributed by atoms with E-state index in [-0.39, 0.29) is 12.1 Å². The highest BCUT2D eigenvalue weighted by molar-refractivity contribution is 5.25. The van der Waals surface area contributed by atoms with Gasteiger partial charge in [-0.15, -0.1) is 0 Å². The van der Waals surface area contributed by atoms with Gasteiger partial charge in [-0.1, -0.05) is 43.7 Å². The van der Waals surface area contributed by atoms with Crippen molar-refractivity contribution in [1.82, 2.24) is 10.2 Å². The minimum atomic E-state index is -4.17. The average Bonchev–Trinajstić information content (AvgIpc) is 2.41. The predicted molar refractivity (Wildman–Crippen MR) is 80.4 cm³/mol. The van der Waals surface area contributed by atoms with Crippen LogP contribution in [0.1, 0.15) is 37.9 Å². The van der Waals surface area contributed by atoms with Crippen LogP contribution >= 0.6 is 0 Å². The molecule has 0 radical (unpaired) electrons. The monoisotopic (exact) mass is 302 g/mol. The standard InChI is InChI=1S/C16H25F3N2/c1-5-20-15(14-9-7-12(3)8-10-14)13(4)21(6-2)11-16(17,18)19/h7-10,13,15,20H,5-6,11H2,1-4H3. The molecule has 120 valence electrons. The number of nitrogens with zero attached hydrogens (tertiary/aromatic N) is 1. The van der Waals surface area contributed by atoms with Crippen molar-refractivity contribution in [2.45, 2.75) is 46.0 Å². The fraction of sp³-hybridized carbons (Fsp3) is 0.625. The van der Waals surface area contributed by atoms with Crippen molar-refractivity contribution in [1.29, 1.82) is 0 Å². The largest absolute Gasteiger partial charge is 0.401 e. The van der Waals surface area contributed by atoms with Gasteiger partial charge in [0, 0.05) is 12.1 Å². The third-order valence-corrected chi connectivity index (χ3v) is 3.71. The molecule has 0 aliphatic heterocycles. The lowest BCUT2D eigenvalue weighted by atomic mass is 9.98. The zero-order valence-corrected chi connectivity index (χ0v) is 13.2. The summed E-state index contributed by atoms with van der Waals surface area (Å²) in [6.07, 6.45) is -4.17. The molecule has 1 aromatic carbocycles. The number of nitrogens with one attached hydrogen (secondary N) is 1. The maximum absolute atomic E-state index is 12.7. The first-order valence-electron chi connectivity index (χ1n) is 7.39. The van der Waals surface area contributed by atoms with E-state index in [9.17, 15) is 13.2 Å². The number of benzene rings is 1. The van der Waals surface area contributed by atoms with Crippen molar-refractivity contribution in [3.63, 3.8) is 0 Å². The number of hydrogen-bond donors (Lipinski definition) is 1. The molecule has 0 saturated carbocycles. The fourth-order valence-corrected chi connectivity index (χ4v) is 2.55. The van der Waals surface area contributed by atoms with E-state index in [1.54, 1.807) is 6.92 Å². The van der Waals surface area contributed by atoms with Gasteiger partial charge in [-0.2, -0.15) is 13.2 Å². The van der Waals surface area contributed by atoms with Gasteiger partial charge in [-0.25, -0.2) is 0 Å². The van der Waals surface area contributed by atoms with Crippen LogP contribution in [0.15, 0.2) is 24.3 Å². The molecule has 0 bridgehead atoms. The van der Waals surface area contributed by atoms with E-state index in [1.165, 1.54) is 4.90 Å². The quantitative estimate of drug-likeness (QED) is 0.821. The van der Waals surface area contributed by atoms with Crippen LogP contribution in [0.2, 0.25) is 0 Å². The SMILES string of the molecule is CCNC(c1ccc(C)cc1)C(C)N(CC)CC(F)(F)F. The highest BCUT2D eigenvalue weighted by Crippen LogP contribution is 2.25. The second-order valence-corrected chi connectivity index (χ2v) is 5.36. The summed E-state index contributed by atoms with van der Waals surface area (Å²) in [6.45, 7) is 7.79. The lowest BCUT2D eigenvalue weighted by Gasteiger charge is -2.35. The number of aryl methyl sites for hydroxylation is 1. The topological polar surface area (TPSA) is 15.3 Å². The molecule has 0 heterocycles. The molecule has 0 aromatic heterocycles. The first kappa shape index (κ1) is 18.0. The first-order chi connectivity index (χ1) is 9.78. The summed E-state index contributed by atoms with van der Waals surface area (Å²) >= 11 is 0. The van der Waals surface area contributed by atoms with Crippen LogP contribution in [-0.4, -0.2) is 36.8 Å². The van der Waals surface area contributed by atoms with Crippen LogP contribution in [0.3, 0.4) is 0 Å². The molecule has 1 N–H and O–H groups in total. The van der Waals surface area contributed by atoms with Gasteiger partial charge in [-0.05, 0) is 32.5 Å². The Balaban J connectivity index is 2.94. The Morgan fingerprint density at radius 2 is 1.71 bits per heavy atom. The number of likely N-dealkylation sites (N-methyl/N-ethyl adjacent to an activating group) is 2. The molecular weight excluding hydrogens is 277 g/mol. The Morgan fingerprint density at radius 3 is 2.14 bits per heavy atom. The van der Waals surface area contributed by atoms with E-state index in [4.69, 9.17) is 0 Å². The summed E-state index contributed by atoms with van der Waals surface area (Å²) in [5.41, 5.74) is 2.17. The van der Waals surface area contributed by atoms with Crippen LogP contribution in [-0.2, 0) is 0 Å². The Morgan fingerprint density at radius 1 is 1.14 bits per heavy atom. The van der Waals surface area contributed by atoms with Crippen LogP contribution in [0.25, 0.3) is 0 Å². The molecule has 0 aliphatic rings. The van der Waals surface area contributed by atoms with Gasteiger partial charge in [0.2, 0.25) is 0 Å². The van der Waals surface area contributed by atoms with Crippen molar-refractivity contribution in [3.8, 4) is 0 Å². The minimum absolute atomic E-state index is 0.113. The van der Waals surface area contributed by atoms with Crippen molar-refractivity contribution < 1.29 is 13.2 Å². The van der Waals surface area contributed by atoms with Gasteiger partial charge < -0.3 is 5.32 Å².